The molecule has 2 aromatic carbocycles. The first-order chi connectivity index (χ1) is 18.8. The number of ketones is 1. The molecule has 2 aliphatic rings. The molecule has 2 heterocycles. The number of ether oxygens (including phenoxy) is 1. The second-order valence-corrected chi connectivity index (χ2v) is 10.7. The number of nitrogens with zero attached hydrogens (tertiary/aromatic N) is 4. The zero-order valence-corrected chi connectivity index (χ0v) is 22.6. The summed E-state index contributed by atoms with van der Waals surface area (Å²) < 4.78 is 11.3. The molecule has 1 N–H and O–H groups in total. The van der Waals surface area contributed by atoms with Gasteiger partial charge in [0.1, 0.15) is 17.6 Å². The minimum Gasteiger partial charge on any atom is -0.490 e. The maximum atomic E-state index is 13.0. The average Bonchev–Trinajstić information content (AvgIpc) is 3.56. The van der Waals surface area contributed by atoms with Crippen LogP contribution in [0.3, 0.4) is 0 Å². The van der Waals surface area contributed by atoms with Gasteiger partial charge in [0.05, 0.1) is 17.7 Å². The summed E-state index contributed by atoms with van der Waals surface area (Å²) in [5.41, 5.74) is 4.10. The molecule has 1 saturated heterocycles. The number of hydrogen-bond donors (Lipinski definition) is 1. The molecule has 2 amide bonds. The van der Waals surface area contributed by atoms with Gasteiger partial charge in [-0.05, 0) is 81.7 Å². The fourth-order valence-corrected chi connectivity index (χ4v) is 5.56. The maximum absolute atomic E-state index is 13.0. The molecule has 39 heavy (non-hydrogen) atoms. The second kappa shape index (κ2) is 11.3. The Hall–Kier alpha value is -4.19. The van der Waals surface area contributed by atoms with Gasteiger partial charge in [-0.1, -0.05) is 23.4 Å². The molecule has 3 aromatic rings. The number of rotatable bonds is 7. The van der Waals surface area contributed by atoms with Crippen LogP contribution in [0.1, 0.15) is 69.2 Å². The van der Waals surface area contributed by atoms with Crippen LogP contribution in [0.5, 0.6) is 5.75 Å². The van der Waals surface area contributed by atoms with E-state index in [0.717, 1.165) is 42.4 Å². The van der Waals surface area contributed by atoms with Gasteiger partial charge in [-0.2, -0.15) is 10.2 Å². The lowest BCUT2D eigenvalue weighted by molar-refractivity contribution is -0.118. The predicted molar refractivity (Wildman–Crippen MR) is 145 cm³/mol. The molecule has 1 aliphatic carbocycles. The zero-order chi connectivity index (χ0) is 27.5. The molecule has 9 heteroatoms. The van der Waals surface area contributed by atoms with E-state index in [9.17, 15) is 14.9 Å². The fourth-order valence-electron chi connectivity index (χ4n) is 5.56. The van der Waals surface area contributed by atoms with E-state index in [1.165, 1.54) is 0 Å². The van der Waals surface area contributed by atoms with Crippen LogP contribution in [0.15, 0.2) is 40.9 Å². The first-order valence-corrected chi connectivity index (χ1v) is 13.5. The number of carbonyl (C=O) groups excluding carboxylic acids is 2. The van der Waals surface area contributed by atoms with E-state index in [1.807, 2.05) is 36.9 Å². The van der Waals surface area contributed by atoms with Crippen molar-refractivity contribution in [3.05, 3.63) is 53.1 Å². The maximum Gasteiger partial charge on any atom is 0.317 e. The number of urea groups is 1. The fraction of sp³-hybridized carbons (Fsp3) is 0.433. The number of likely N-dealkylation sites (tertiary alicyclic amines) is 1. The molecule has 1 aromatic heterocycles. The number of fused-ring (bicyclic) bond motifs is 1. The first-order valence-electron chi connectivity index (χ1n) is 13.5. The summed E-state index contributed by atoms with van der Waals surface area (Å²) >= 11 is 0. The molecular formula is C30H33N5O4. The predicted octanol–water partition coefficient (Wildman–Crippen LogP) is 5.45. The minimum atomic E-state index is -0.0829. The third-order valence-electron chi connectivity index (χ3n) is 7.42. The molecule has 0 spiro atoms. The van der Waals surface area contributed by atoms with Gasteiger partial charge >= 0.3 is 6.03 Å². The third kappa shape index (κ3) is 5.80. The van der Waals surface area contributed by atoms with E-state index in [0.29, 0.717) is 54.0 Å². The SMILES string of the molecule is CC(=O)CC1CCN(C(=O)N[C@H]2CCc3c(-c4noc(-c5ccc(OC(C)C)c(C#N)c5)n4)cccc32)CC1. The van der Waals surface area contributed by atoms with Gasteiger partial charge < -0.3 is 24.3 Å². The normalized spacial score (nSPS) is 17.1. The lowest BCUT2D eigenvalue weighted by Gasteiger charge is -2.32. The number of aromatic nitrogens is 2. The zero-order valence-electron chi connectivity index (χ0n) is 22.6. The van der Waals surface area contributed by atoms with Crippen molar-refractivity contribution in [2.24, 2.45) is 5.92 Å². The van der Waals surface area contributed by atoms with Crippen molar-refractivity contribution in [1.82, 2.24) is 20.4 Å². The quantitative estimate of drug-likeness (QED) is 0.433. The molecule has 0 unspecified atom stereocenters. The van der Waals surface area contributed by atoms with Crippen molar-refractivity contribution >= 4 is 11.8 Å². The summed E-state index contributed by atoms with van der Waals surface area (Å²) in [7, 11) is 0. The van der Waals surface area contributed by atoms with Crippen molar-refractivity contribution in [3.63, 3.8) is 0 Å². The third-order valence-corrected chi connectivity index (χ3v) is 7.42. The summed E-state index contributed by atoms with van der Waals surface area (Å²) in [6, 6.07) is 13.2. The summed E-state index contributed by atoms with van der Waals surface area (Å²) in [5.74, 6) is 1.91. The number of nitrogens with one attached hydrogen (secondary N) is 1. The van der Waals surface area contributed by atoms with Crippen LogP contribution in [0.25, 0.3) is 22.8 Å². The van der Waals surface area contributed by atoms with Crippen LogP contribution in [0, 0.1) is 17.2 Å². The highest BCUT2D eigenvalue weighted by Gasteiger charge is 2.30. The number of amides is 2. The van der Waals surface area contributed by atoms with Crippen LogP contribution in [0.2, 0.25) is 0 Å². The van der Waals surface area contributed by atoms with Crippen LogP contribution >= 0.6 is 0 Å². The molecule has 9 nitrogen and oxygen atoms in total. The number of Topliss-reactive ketones (excluding diaryl/α,β-unsaturated/α-hetero) is 1. The van der Waals surface area contributed by atoms with Crippen molar-refractivity contribution in [2.45, 2.75) is 65.0 Å². The van der Waals surface area contributed by atoms with E-state index >= 15 is 0 Å². The number of carbonyl (C=O) groups is 2. The second-order valence-electron chi connectivity index (χ2n) is 10.7. The number of benzene rings is 2. The van der Waals surface area contributed by atoms with Gasteiger partial charge in [0, 0.05) is 30.6 Å². The highest BCUT2D eigenvalue weighted by atomic mass is 16.5. The first kappa shape index (κ1) is 26.4. The summed E-state index contributed by atoms with van der Waals surface area (Å²) in [5, 5.41) is 17.0. The Bertz CT molecular complexity index is 1410. The monoisotopic (exact) mass is 527 g/mol. The topological polar surface area (TPSA) is 121 Å². The molecule has 5 rings (SSSR count). The number of piperidine rings is 1. The Morgan fingerprint density at radius 3 is 2.72 bits per heavy atom. The van der Waals surface area contributed by atoms with E-state index in [2.05, 4.69) is 21.5 Å². The van der Waals surface area contributed by atoms with Crippen LogP contribution in [-0.4, -0.2) is 46.0 Å². The Morgan fingerprint density at radius 1 is 1.21 bits per heavy atom. The molecule has 0 bridgehead atoms. The van der Waals surface area contributed by atoms with E-state index < -0.39 is 0 Å². The van der Waals surface area contributed by atoms with E-state index in [-0.39, 0.29) is 24.0 Å². The molecular weight excluding hydrogens is 494 g/mol. The lowest BCUT2D eigenvalue weighted by Crippen LogP contribution is -2.45. The van der Waals surface area contributed by atoms with E-state index in [1.54, 1.807) is 25.1 Å². The molecule has 1 aliphatic heterocycles. The van der Waals surface area contributed by atoms with Crippen LogP contribution in [0.4, 0.5) is 4.79 Å². The number of nitriles is 1. The smallest absolute Gasteiger partial charge is 0.317 e. The summed E-state index contributed by atoms with van der Waals surface area (Å²) in [6.07, 6.45) is 3.87. The van der Waals surface area contributed by atoms with Crippen LogP contribution < -0.4 is 10.1 Å². The molecule has 0 saturated carbocycles. The molecule has 0 radical (unpaired) electrons. The average molecular weight is 528 g/mol. The highest BCUT2D eigenvalue weighted by Crippen LogP contribution is 2.38. The van der Waals surface area contributed by atoms with Gasteiger partial charge in [0.2, 0.25) is 5.82 Å². The van der Waals surface area contributed by atoms with Crippen molar-refractivity contribution in [1.29, 1.82) is 5.26 Å². The van der Waals surface area contributed by atoms with Crippen molar-refractivity contribution in [3.8, 4) is 34.7 Å². The van der Waals surface area contributed by atoms with Gasteiger partial charge in [0.25, 0.3) is 5.89 Å². The van der Waals surface area contributed by atoms with Gasteiger partial charge in [-0.3, -0.25) is 0 Å². The van der Waals surface area contributed by atoms with Crippen molar-refractivity contribution in [2.75, 3.05) is 13.1 Å². The standard InChI is InChI=1S/C30H33N5O4/c1-18(2)38-27-10-7-21(16-22(27)17-31)29-33-28(34-39-29)25-6-4-5-24-23(25)8-9-26(24)32-30(37)35-13-11-20(12-14-35)15-19(3)36/h4-7,10,16,18,20,26H,8-9,11-15H2,1-3H3,(H,32,37)/t26-/m0/s1. The highest BCUT2D eigenvalue weighted by molar-refractivity contribution is 5.77. The Labute approximate surface area is 228 Å². The van der Waals surface area contributed by atoms with E-state index in [4.69, 9.17) is 9.26 Å². The lowest BCUT2D eigenvalue weighted by atomic mass is 9.92. The Balaban J connectivity index is 1.29. The van der Waals surface area contributed by atoms with Crippen LogP contribution in [-0.2, 0) is 11.2 Å². The molecule has 202 valence electrons. The number of hydrogen-bond acceptors (Lipinski definition) is 7. The molecule has 1 fully saturated rings. The molecule has 1 atom stereocenters. The van der Waals surface area contributed by atoms with Gasteiger partial charge in [-0.15, -0.1) is 0 Å². The Kier molecular flexibility index (Phi) is 7.64. The largest absolute Gasteiger partial charge is 0.490 e. The van der Waals surface area contributed by atoms with Gasteiger partial charge in [-0.25, -0.2) is 4.79 Å². The minimum absolute atomic E-state index is 0.0447. The summed E-state index contributed by atoms with van der Waals surface area (Å²) in [6.45, 7) is 6.80. The summed E-state index contributed by atoms with van der Waals surface area (Å²) in [4.78, 5) is 30.9. The van der Waals surface area contributed by atoms with Gasteiger partial charge in [0.15, 0.2) is 0 Å². The Morgan fingerprint density at radius 2 is 2.00 bits per heavy atom. The van der Waals surface area contributed by atoms with Crippen molar-refractivity contribution < 1.29 is 18.8 Å².